The lowest BCUT2D eigenvalue weighted by Crippen LogP contribution is -2.42. The number of aliphatic hydroxyl groups is 1. The molecule has 1 unspecified atom stereocenters. The molecule has 0 radical (unpaired) electrons. The maximum Gasteiger partial charge on any atom is 0.224 e. The van der Waals surface area contributed by atoms with Crippen LogP contribution in [0.2, 0.25) is 0 Å². The van der Waals surface area contributed by atoms with Crippen LogP contribution in [0.25, 0.3) is 0 Å². The Balaban J connectivity index is 2.30. The molecule has 1 amide bonds. The Morgan fingerprint density at radius 1 is 1.52 bits per heavy atom. The Morgan fingerprint density at radius 2 is 2.29 bits per heavy atom. The Morgan fingerprint density at radius 3 is 2.90 bits per heavy atom. The van der Waals surface area contributed by atoms with E-state index in [0.717, 1.165) is 30.6 Å². The Hall–Kier alpha value is -1.75. The van der Waals surface area contributed by atoms with Gasteiger partial charge < -0.3 is 20.1 Å². The summed E-state index contributed by atoms with van der Waals surface area (Å²) in [5.41, 5.74) is 1.75. The Kier molecular flexibility index (Phi) is 5.07. The third kappa shape index (κ3) is 3.29. The number of hydrogen-bond acceptors (Lipinski definition) is 4. The first-order valence-electron chi connectivity index (χ1n) is 7.40. The predicted molar refractivity (Wildman–Crippen MR) is 82.6 cm³/mol. The van der Waals surface area contributed by atoms with Gasteiger partial charge in [-0.25, -0.2) is 0 Å². The number of amides is 1. The molecule has 5 nitrogen and oxygen atoms in total. The van der Waals surface area contributed by atoms with Gasteiger partial charge in [0.15, 0.2) is 0 Å². The smallest absolute Gasteiger partial charge is 0.224 e. The van der Waals surface area contributed by atoms with E-state index < -0.39 is 6.10 Å². The van der Waals surface area contributed by atoms with Crippen LogP contribution in [0.4, 0.5) is 5.69 Å². The zero-order valence-corrected chi connectivity index (χ0v) is 12.9. The molecule has 1 aliphatic rings. The summed E-state index contributed by atoms with van der Waals surface area (Å²) in [5.74, 6) is 0.766. The van der Waals surface area contributed by atoms with Crippen molar-refractivity contribution >= 4 is 11.6 Å². The van der Waals surface area contributed by atoms with Crippen molar-refractivity contribution in [3.05, 3.63) is 23.8 Å². The number of aliphatic hydroxyl groups excluding tert-OH is 1. The molecule has 1 aromatic carbocycles. The van der Waals surface area contributed by atoms with Gasteiger partial charge in [0.1, 0.15) is 5.75 Å². The molecule has 2 atom stereocenters. The van der Waals surface area contributed by atoms with Crippen LogP contribution in [-0.2, 0) is 4.79 Å². The average Bonchev–Trinajstić information content (AvgIpc) is 2.53. The van der Waals surface area contributed by atoms with Crippen molar-refractivity contribution in [1.29, 1.82) is 0 Å². The minimum absolute atomic E-state index is 0.00296. The van der Waals surface area contributed by atoms with Crippen LogP contribution in [0.15, 0.2) is 18.2 Å². The van der Waals surface area contributed by atoms with Crippen LogP contribution in [0.1, 0.15) is 31.4 Å². The molecule has 0 aromatic heterocycles. The number of piperidine rings is 1. The van der Waals surface area contributed by atoms with Crippen molar-refractivity contribution < 1.29 is 14.6 Å². The highest BCUT2D eigenvalue weighted by molar-refractivity contribution is 5.79. The highest BCUT2D eigenvalue weighted by atomic mass is 16.5. The van der Waals surface area contributed by atoms with Gasteiger partial charge in [-0.3, -0.25) is 4.79 Å². The largest absolute Gasteiger partial charge is 0.496 e. The molecule has 116 valence electrons. The van der Waals surface area contributed by atoms with Crippen LogP contribution in [0.3, 0.4) is 0 Å². The molecular weight excluding hydrogens is 268 g/mol. The summed E-state index contributed by atoms with van der Waals surface area (Å²) in [4.78, 5) is 14.0. The van der Waals surface area contributed by atoms with E-state index in [1.54, 1.807) is 21.1 Å². The van der Waals surface area contributed by atoms with Crippen LogP contribution in [-0.4, -0.2) is 38.3 Å². The second-order valence-electron chi connectivity index (χ2n) is 5.47. The summed E-state index contributed by atoms with van der Waals surface area (Å²) in [6.07, 6.45) is 1.26. The van der Waals surface area contributed by atoms with Crippen molar-refractivity contribution in [2.45, 2.75) is 25.9 Å². The van der Waals surface area contributed by atoms with Crippen LogP contribution in [0, 0.1) is 5.92 Å². The van der Waals surface area contributed by atoms with E-state index in [0.29, 0.717) is 12.3 Å². The van der Waals surface area contributed by atoms with Crippen LogP contribution < -0.4 is 15.0 Å². The number of nitrogens with zero attached hydrogens (tertiary/aromatic N) is 1. The maximum absolute atomic E-state index is 11.9. The Bertz CT molecular complexity index is 502. The molecule has 0 saturated carbocycles. The second-order valence-corrected chi connectivity index (χ2v) is 5.47. The van der Waals surface area contributed by atoms with Gasteiger partial charge in [-0.1, -0.05) is 6.07 Å². The van der Waals surface area contributed by atoms with Crippen molar-refractivity contribution in [3.63, 3.8) is 0 Å². The van der Waals surface area contributed by atoms with Crippen LogP contribution >= 0.6 is 0 Å². The zero-order chi connectivity index (χ0) is 15.4. The van der Waals surface area contributed by atoms with E-state index >= 15 is 0 Å². The first kappa shape index (κ1) is 15.6. The molecule has 2 N–H and O–H groups in total. The number of methoxy groups -OCH3 is 1. The number of anilines is 1. The number of ether oxygens (including phenoxy) is 1. The predicted octanol–water partition coefficient (Wildman–Crippen LogP) is 1.71. The van der Waals surface area contributed by atoms with Crippen molar-refractivity contribution in [2.75, 3.05) is 32.1 Å². The third-order valence-electron chi connectivity index (χ3n) is 4.06. The maximum atomic E-state index is 11.9. The number of nitrogens with one attached hydrogen (secondary N) is 1. The molecule has 5 heteroatoms. The number of rotatable bonds is 4. The second kappa shape index (κ2) is 6.80. The SMILES string of the molecule is CNC(=O)C1CCCN(c2cccc(OC)c2[C@H](C)O)C1. The molecule has 0 spiro atoms. The van der Waals surface area contributed by atoms with Gasteiger partial charge in [-0.2, -0.15) is 0 Å². The van der Waals surface area contributed by atoms with E-state index in [1.807, 2.05) is 18.2 Å². The summed E-state index contributed by atoms with van der Waals surface area (Å²) in [5, 5.41) is 12.8. The van der Waals surface area contributed by atoms with E-state index in [9.17, 15) is 9.90 Å². The van der Waals surface area contributed by atoms with Gasteiger partial charge in [-0.15, -0.1) is 0 Å². The number of carbonyl (C=O) groups is 1. The lowest BCUT2D eigenvalue weighted by atomic mass is 9.95. The molecule has 1 aromatic rings. The van der Waals surface area contributed by atoms with E-state index in [-0.39, 0.29) is 11.8 Å². The minimum atomic E-state index is -0.614. The fourth-order valence-electron chi connectivity index (χ4n) is 3.02. The van der Waals surface area contributed by atoms with Crippen molar-refractivity contribution in [3.8, 4) is 5.75 Å². The third-order valence-corrected chi connectivity index (χ3v) is 4.06. The number of hydrogen-bond donors (Lipinski definition) is 2. The van der Waals surface area contributed by atoms with Crippen LogP contribution in [0.5, 0.6) is 5.75 Å². The fraction of sp³-hybridized carbons (Fsp3) is 0.562. The molecule has 0 bridgehead atoms. The molecule has 21 heavy (non-hydrogen) atoms. The number of benzene rings is 1. The van der Waals surface area contributed by atoms with Gasteiger partial charge in [0.05, 0.1) is 19.1 Å². The van der Waals surface area contributed by atoms with Gasteiger partial charge >= 0.3 is 0 Å². The molecule has 1 heterocycles. The highest BCUT2D eigenvalue weighted by Crippen LogP contribution is 2.36. The summed E-state index contributed by atoms with van der Waals surface area (Å²) < 4.78 is 5.37. The molecule has 1 aliphatic heterocycles. The summed E-state index contributed by atoms with van der Waals surface area (Å²) in [6.45, 7) is 3.30. The average molecular weight is 292 g/mol. The van der Waals surface area contributed by atoms with Crippen molar-refractivity contribution in [2.24, 2.45) is 5.92 Å². The Labute approximate surface area is 125 Å². The lowest BCUT2D eigenvalue weighted by Gasteiger charge is -2.35. The first-order valence-corrected chi connectivity index (χ1v) is 7.40. The standard InChI is InChI=1S/C16H24N2O3/c1-11(19)15-13(7-4-8-14(15)21-3)18-9-5-6-12(10-18)16(20)17-2/h4,7-8,11-12,19H,5-6,9-10H2,1-3H3,(H,17,20)/t11-,12?/m0/s1. The topological polar surface area (TPSA) is 61.8 Å². The lowest BCUT2D eigenvalue weighted by molar-refractivity contribution is -0.124. The van der Waals surface area contributed by atoms with Gasteiger partial charge in [-0.05, 0) is 31.9 Å². The quantitative estimate of drug-likeness (QED) is 0.887. The van der Waals surface area contributed by atoms with Crippen molar-refractivity contribution in [1.82, 2.24) is 5.32 Å². The zero-order valence-electron chi connectivity index (χ0n) is 12.9. The normalized spacial score (nSPS) is 20.0. The number of carbonyl (C=O) groups excluding carboxylic acids is 1. The summed E-state index contributed by atoms with van der Waals surface area (Å²) >= 11 is 0. The van der Waals surface area contributed by atoms with Gasteiger partial charge in [0, 0.05) is 31.4 Å². The summed E-state index contributed by atoms with van der Waals surface area (Å²) in [7, 11) is 3.28. The molecule has 2 rings (SSSR count). The molecular formula is C16H24N2O3. The van der Waals surface area contributed by atoms with E-state index in [4.69, 9.17) is 4.74 Å². The monoisotopic (exact) mass is 292 g/mol. The molecule has 0 aliphatic carbocycles. The summed E-state index contributed by atoms with van der Waals surface area (Å²) in [6, 6.07) is 5.76. The fourth-order valence-corrected chi connectivity index (χ4v) is 3.02. The molecule has 1 fully saturated rings. The highest BCUT2D eigenvalue weighted by Gasteiger charge is 2.27. The minimum Gasteiger partial charge on any atom is -0.496 e. The first-order chi connectivity index (χ1) is 10.1. The van der Waals surface area contributed by atoms with E-state index in [1.165, 1.54) is 0 Å². The molecule has 1 saturated heterocycles. The van der Waals surface area contributed by atoms with E-state index in [2.05, 4.69) is 10.2 Å². The van der Waals surface area contributed by atoms with Gasteiger partial charge in [0.2, 0.25) is 5.91 Å². The van der Waals surface area contributed by atoms with Gasteiger partial charge in [0.25, 0.3) is 0 Å².